The smallest absolute Gasteiger partial charge is 0.222 e. The van der Waals surface area contributed by atoms with Crippen molar-refractivity contribution >= 4 is 5.95 Å². The maximum atomic E-state index is 4.94. The standard InChI is InChI=1S/C13H16N4O/c1-10-4-3-5-14-12(10)11-8-16-13(17-9-11)15-6-7-18-2/h3-5,8-9H,6-7H2,1-2H3,(H,15,16,17). The molecule has 0 aliphatic carbocycles. The van der Waals surface area contributed by atoms with E-state index in [1.54, 1.807) is 25.7 Å². The summed E-state index contributed by atoms with van der Waals surface area (Å²) in [5, 5.41) is 3.07. The van der Waals surface area contributed by atoms with Crippen LogP contribution < -0.4 is 5.32 Å². The fourth-order valence-corrected chi connectivity index (χ4v) is 1.59. The van der Waals surface area contributed by atoms with Crippen LogP contribution in [0.5, 0.6) is 0 Å². The molecule has 5 nitrogen and oxygen atoms in total. The van der Waals surface area contributed by atoms with E-state index in [2.05, 4.69) is 20.3 Å². The lowest BCUT2D eigenvalue weighted by molar-refractivity contribution is 0.210. The Morgan fingerprint density at radius 1 is 1.22 bits per heavy atom. The highest BCUT2D eigenvalue weighted by molar-refractivity contribution is 5.61. The normalized spacial score (nSPS) is 10.3. The maximum absolute atomic E-state index is 4.94. The zero-order chi connectivity index (χ0) is 12.8. The van der Waals surface area contributed by atoms with Crippen LogP contribution in [0, 0.1) is 6.92 Å². The van der Waals surface area contributed by atoms with Crippen LogP contribution in [-0.4, -0.2) is 35.2 Å². The molecular formula is C13H16N4O. The molecule has 2 aromatic heterocycles. The second-order valence-electron chi connectivity index (χ2n) is 3.88. The van der Waals surface area contributed by atoms with Gasteiger partial charge < -0.3 is 10.1 Å². The first-order chi connectivity index (χ1) is 8.81. The molecule has 0 saturated carbocycles. The number of methoxy groups -OCH3 is 1. The summed E-state index contributed by atoms with van der Waals surface area (Å²) in [4.78, 5) is 12.8. The monoisotopic (exact) mass is 244 g/mol. The molecule has 0 spiro atoms. The molecule has 0 bridgehead atoms. The second-order valence-corrected chi connectivity index (χ2v) is 3.88. The van der Waals surface area contributed by atoms with Gasteiger partial charge in [0.2, 0.25) is 5.95 Å². The lowest BCUT2D eigenvalue weighted by atomic mass is 10.1. The van der Waals surface area contributed by atoms with E-state index in [1.165, 1.54) is 0 Å². The van der Waals surface area contributed by atoms with Gasteiger partial charge in [-0.1, -0.05) is 6.07 Å². The fraction of sp³-hybridized carbons (Fsp3) is 0.308. The van der Waals surface area contributed by atoms with Crippen LogP contribution in [0.1, 0.15) is 5.56 Å². The Morgan fingerprint density at radius 3 is 2.67 bits per heavy atom. The van der Waals surface area contributed by atoms with Gasteiger partial charge in [-0.3, -0.25) is 4.98 Å². The number of hydrogen-bond donors (Lipinski definition) is 1. The average molecular weight is 244 g/mol. The summed E-state index contributed by atoms with van der Waals surface area (Å²) in [7, 11) is 1.66. The maximum Gasteiger partial charge on any atom is 0.222 e. The van der Waals surface area contributed by atoms with Gasteiger partial charge in [-0.05, 0) is 18.6 Å². The molecule has 0 fully saturated rings. The van der Waals surface area contributed by atoms with E-state index in [0.717, 1.165) is 16.8 Å². The highest BCUT2D eigenvalue weighted by Gasteiger charge is 2.04. The molecule has 1 N–H and O–H groups in total. The number of rotatable bonds is 5. The number of ether oxygens (including phenoxy) is 1. The highest BCUT2D eigenvalue weighted by atomic mass is 16.5. The van der Waals surface area contributed by atoms with Gasteiger partial charge in [-0.15, -0.1) is 0 Å². The lowest BCUT2D eigenvalue weighted by Crippen LogP contribution is -2.10. The van der Waals surface area contributed by atoms with E-state index in [9.17, 15) is 0 Å². The highest BCUT2D eigenvalue weighted by Crippen LogP contribution is 2.18. The van der Waals surface area contributed by atoms with Gasteiger partial charge in [0.15, 0.2) is 0 Å². The molecule has 0 saturated heterocycles. The average Bonchev–Trinajstić information content (AvgIpc) is 2.41. The predicted molar refractivity (Wildman–Crippen MR) is 70.4 cm³/mol. The third kappa shape index (κ3) is 3.01. The minimum Gasteiger partial charge on any atom is -0.383 e. The summed E-state index contributed by atoms with van der Waals surface area (Å²) in [6.45, 7) is 3.34. The Balaban J connectivity index is 2.10. The van der Waals surface area contributed by atoms with Crippen molar-refractivity contribution in [3.8, 4) is 11.3 Å². The summed E-state index contributed by atoms with van der Waals surface area (Å²) >= 11 is 0. The van der Waals surface area contributed by atoms with Crippen LogP contribution in [0.15, 0.2) is 30.7 Å². The van der Waals surface area contributed by atoms with E-state index >= 15 is 0 Å². The van der Waals surface area contributed by atoms with Gasteiger partial charge in [0.25, 0.3) is 0 Å². The quantitative estimate of drug-likeness (QED) is 0.814. The van der Waals surface area contributed by atoms with Crippen LogP contribution in [0.25, 0.3) is 11.3 Å². The molecule has 0 aliphatic heterocycles. The molecule has 0 amide bonds. The number of nitrogens with zero attached hydrogens (tertiary/aromatic N) is 3. The van der Waals surface area contributed by atoms with E-state index in [-0.39, 0.29) is 0 Å². The number of pyridine rings is 1. The molecule has 2 aromatic rings. The largest absolute Gasteiger partial charge is 0.383 e. The third-order valence-corrected chi connectivity index (χ3v) is 2.52. The minimum absolute atomic E-state index is 0.601. The van der Waals surface area contributed by atoms with Gasteiger partial charge in [0, 0.05) is 37.8 Å². The van der Waals surface area contributed by atoms with Gasteiger partial charge in [0.1, 0.15) is 0 Å². The minimum atomic E-state index is 0.601. The molecule has 18 heavy (non-hydrogen) atoms. The van der Waals surface area contributed by atoms with Crippen LogP contribution in [-0.2, 0) is 4.74 Å². The van der Waals surface area contributed by atoms with Gasteiger partial charge in [0.05, 0.1) is 12.3 Å². The van der Waals surface area contributed by atoms with Crippen molar-refractivity contribution in [2.24, 2.45) is 0 Å². The van der Waals surface area contributed by atoms with Crippen molar-refractivity contribution in [2.75, 3.05) is 25.6 Å². The molecule has 0 atom stereocenters. The molecule has 2 rings (SSSR count). The first-order valence-electron chi connectivity index (χ1n) is 5.78. The molecule has 5 heteroatoms. The Bertz CT molecular complexity index is 499. The topological polar surface area (TPSA) is 59.9 Å². The Labute approximate surface area is 106 Å². The molecule has 0 radical (unpaired) electrons. The van der Waals surface area contributed by atoms with Crippen molar-refractivity contribution in [2.45, 2.75) is 6.92 Å². The predicted octanol–water partition coefficient (Wildman–Crippen LogP) is 1.91. The molecule has 94 valence electrons. The fourth-order valence-electron chi connectivity index (χ4n) is 1.59. The number of nitrogens with one attached hydrogen (secondary N) is 1. The van der Waals surface area contributed by atoms with E-state index in [0.29, 0.717) is 19.1 Å². The van der Waals surface area contributed by atoms with Gasteiger partial charge in [-0.25, -0.2) is 9.97 Å². The zero-order valence-electron chi connectivity index (χ0n) is 10.6. The van der Waals surface area contributed by atoms with Crippen LogP contribution in [0.4, 0.5) is 5.95 Å². The summed E-state index contributed by atoms with van der Waals surface area (Å²) in [5.74, 6) is 0.601. The molecular weight excluding hydrogens is 228 g/mol. The molecule has 0 unspecified atom stereocenters. The molecule has 0 aliphatic rings. The Hall–Kier alpha value is -2.01. The van der Waals surface area contributed by atoms with Crippen molar-refractivity contribution in [1.29, 1.82) is 0 Å². The number of aromatic nitrogens is 3. The van der Waals surface area contributed by atoms with Crippen LogP contribution in [0.3, 0.4) is 0 Å². The summed E-state index contributed by atoms with van der Waals surface area (Å²) in [5.41, 5.74) is 2.95. The number of anilines is 1. The first-order valence-corrected chi connectivity index (χ1v) is 5.78. The number of hydrogen-bond acceptors (Lipinski definition) is 5. The lowest BCUT2D eigenvalue weighted by Gasteiger charge is -2.06. The van der Waals surface area contributed by atoms with Gasteiger partial charge in [-0.2, -0.15) is 0 Å². The van der Waals surface area contributed by atoms with Crippen molar-refractivity contribution in [3.63, 3.8) is 0 Å². The Morgan fingerprint density at radius 2 is 2.00 bits per heavy atom. The van der Waals surface area contributed by atoms with E-state index in [4.69, 9.17) is 4.74 Å². The number of aryl methyl sites for hydroxylation is 1. The molecule has 0 aromatic carbocycles. The van der Waals surface area contributed by atoms with Crippen LogP contribution in [0.2, 0.25) is 0 Å². The zero-order valence-corrected chi connectivity index (χ0v) is 10.6. The van der Waals surface area contributed by atoms with Crippen LogP contribution >= 0.6 is 0 Å². The second kappa shape index (κ2) is 6.07. The summed E-state index contributed by atoms with van der Waals surface area (Å²) in [6.07, 6.45) is 5.32. The Kier molecular flexibility index (Phi) is 4.20. The van der Waals surface area contributed by atoms with Crippen molar-refractivity contribution < 1.29 is 4.74 Å². The molecule has 2 heterocycles. The van der Waals surface area contributed by atoms with E-state index in [1.807, 2.05) is 19.1 Å². The first kappa shape index (κ1) is 12.4. The SMILES string of the molecule is COCCNc1ncc(-c2ncccc2C)cn1. The van der Waals surface area contributed by atoms with Crippen molar-refractivity contribution in [1.82, 2.24) is 15.0 Å². The third-order valence-electron chi connectivity index (χ3n) is 2.52. The summed E-state index contributed by atoms with van der Waals surface area (Å²) < 4.78 is 4.94. The summed E-state index contributed by atoms with van der Waals surface area (Å²) in [6, 6.07) is 3.94. The van der Waals surface area contributed by atoms with Gasteiger partial charge >= 0.3 is 0 Å². The van der Waals surface area contributed by atoms with E-state index < -0.39 is 0 Å². The van der Waals surface area contributed by atoms with Crippen molar-refractivity contribution in [3.05, 3.63) is 36.3 Å².